The molecule has 0 fully saturated rings. The maximum atomic E-state index is 12.6. The van der Waals surface area contributed by atoms with Crippen molar-refractivity contribution >= 4 is 28.5 Å². The van der Waals surface area contributed by atoms with Gasteiger partial charge in [-0.05, 0) is 44.0 Å². The molecule has 0 unspecified atom stereocenters. The summed E-state index contributed by atoms with van der Waals surface area (Å²) in [7, 11) is 0. The number of fused-ring (bicyclic) bond motifs is 1. The van der Waals surface area contributed by atoms with Gasteiger partial charge < -0.3 is 10.5 Å². The molecule has 29 heavy (non-hydrogen) atoms. The van der Waals surface area contributed by atoms with E-state index in [4.69, 9.17) is 10.5 Å². The van der Waals surface area contributed by atoms with Crippen LogP contribution < -0.4 is 10.6 Å². The van der Waals surface area contributed by atoms with E-state index in [1.165, 1.54) is 4.90 Å². The maximum Gasteiger partial charge on any atom is 0.326 e. The number of carbonyl (C=O) groups excluding carboxylic acids is 2. The molecule has 6 nitrogen and oxygen atoms in total. The van der Waals surface area contributed by atoms with Gasteiger partial charge in [0.1, 0.15) is 12.1 Å². The third kappa shape index (κ3) is 4.78. The van der Waals surface area contributed by atoms with Crippen molar-refractivity contribution in [3.05, 3.63) is 60.8 Å². The van der Waals surface area contributed by atoms with Crippen LogP contribution in [0.2, 0.25) is 0 Å². The topological polar surface area (TPSA) is 85.5 Å². The van der Waals surface area contributed by atoms with Gasteiger partial charge >= 0.3 is 5.97 Å². The largest absolute Gasteiger partial charge is 0.459 e. The van der Waals surface area contributed by atoms with Gasteiger partial charge in [-0.15, -0.1) is 0 Å². The molecule has 2 N–H and O–H groups in total. The highest BCUT2D eigenvalue weighted by Gasteiger charge is 2.24. The van der Waals surface area contributed by atoms with E-state index in [-0.39, 0.29) is 19.0 Å². The zero-order chi connectivity index (χ0) is 21.0. The van der Waals surface area contributed by atoms with Crippen LogP contribution in [0.15, 0.2) is 60.8 Å². The van der Waals surface area contributed by atoms with Gasteiger partial charge in [0.25, 0.3) is 0 Å². The minimum atomic E-state index is -0.647. The normalized spacial score (nSPS) is 11.3. The standard InChI is InChI=1S/C23H25N3O3/c1-23(2,3)29-21(28)15-26(20(27)14-24)19-11-7-10-18-17(12-13-25-22(18)19)16-8-5-4-6-9-16/h4-13H,14-15,24H2,1-3H3. The van der Waals surface area contributed by atoms with Gasteiger partial charge in [0.15, 0.2) is 0 Å². The quantitative estimate of drug-likeness (QED) is 0.673. The van der Waals surface area contributed by atoms with Crippen molar-refractivity contribution < 1.29 is 14.3 Å². The molecule has 0 aliphatic heterocycles. The van der Waals surface area contributed by atoms with Crippen molar-refractivity contribution in [2.24, 2.45) is 5.73 Å². The van der Waals surface area contributed by atoms with Gasteiger partial charge in [-0.2, -0.15) is 0 Å². The number of rotatable bonds is 5. The Morgan fingerprint density at radius 1 is 1.03 bits per heavy atom. The maximum absolute atomic E-state index is 12.6. The third-order valence-electron chi connectivity index (χ3n) is 4.31. The van der Waals surface area contributed by atoms with Crippen LogP contribution in [0.25, 0.3) is 22.0 Å². The van der Waals surface area contributed by atoms with Crippen molar-refractivity contribution in [2.75, 3.05) is 18.0 Å². The fraction of sp³-hybridized carbons (Fsp3) is 0.261. The number of esters is 1. The molecule has 1 amide bonds. The Morgan fingerprint density at radius 3 is 2.41 bits per heavy atom. The number of para-hydroxylation sites is 1. The van der Waals surface area contributed by atoms with Crippen LogP contribution in [0.5, 0.6) is 0 Å². The first kappa shape index (κ1) is 20.5. The fourth-order valence-corrected chi connectivity index (χ4v) is 3.17. The number of hydrogen-bond acceptors (Lipinski definition) is 5. The minimum absolute atomic E-state index is 0.225. The van der Waals surface area contributed by atoms with E-state index in [0.29, 0.717) is 11.2 Å². The van der Waals surface area contributed by atoms with E-state index < -0.39 is 11.6 Å². The van der Waals surface area contributed by atoms with Crippen molar-refractivity contribution in [1.29, 1.82) is 0 Å². The number of nitrogens with two attached hydrogens (primary N) is 1. The summed E-state index contributed by atoms with van der Waals surface area (Å²) in [4.78, 5) is 30.8. The van der Waals surface area contributed by atoms with Crippen LogP contribution in [0.4, 0.5) is 5.69 Å². The minimum Gasteiger partial charge on any atom is -0.459 e. The number of aromatic nitrogens is 1. The Labute approximate surface area is 170 Å². The average molecular weight is 391 g/mol. The van der Waals surface area contributed by atoms with Gasteiger partial charge in [-0.3, -0.25) is 19.5 Å². The Balaban J connectivity index is 2.08. The van der Waals surface area contributed by atoms with E-state index in [1.54, 1.807) is 33.0 Å². The summed E-state index contributed by atoms with van der Waals surface area (Å²) in [6.45, 7) is 4.89. The van der Waals surface area contributed by atoms with Crippen LogP contribution in [0.3, 0.4) is 0 Å². The lowest BCUT2D eigenvalue weighted by Gasteiger charge is -2.25. The van der Waals surface area contributed by atoms with Crippen LogP contribution in [-0.4, -0.2) is 35.6 Å². The van der Waals surface area contributed by atoms with Crippen LogP contribution >= 0.6 is 0 Å². The first-order valence-corrected chi connectivity index (χ1v) is 9.45. The fourth-order valence-electron chi connectivity index (χ4n) is 3.17. The number of anilines is 1. The number of nitrogens with zero attached hydrogens (tertiary/aromatic N) is 2. The van der Waals surface area contributed by atoms with Crippen molar-refractivity contribution in [2.45, 2.75) is 26.4 Å². The zero-order valence-electron chi connectivity index (χ0n) is 16.9. The molecule has 0 saturated heterocycles. The van der Waals surface area contributed by atoms with E-state index in [2.05, 4.69) is 4.98 Å². The second kappa shape index (κ2) is 8.41. The second-order valence-corrected chi connectivity index (χ2v) is 7.67. The van der Waals surface area contributed by atoms with Crippen LogP contribution in [-0.2, 0) is 14.3 Å². The Bertz CT molecular complexity index is 1030. The van der Waals surface area contributed by atoms with E-state index >= 15 is 0 Å². The van der Waals surface area contributed by atoms with E-state index in [0.717, 1.165) is 16.5 Å². The molecule has 0 radical (unpaired) electrons. The van der Waals surface area contributed by atoms with Crippen LogP contribution in [0, 0.1) is 0 Å². The molecule has 1 heterocycles. The molecule has 0 aliphatic rings. The Kier molecular flexibility index (Phi) is 5.94. The number of carbonyl (C=O) groups is 2. The monoisotopic (exact) mass is 391 g/mol. The van der Waals surface area contributed by atoms with Gasteiger partial charge in [0, 0.05) is 11.6 Å². The molecule has 0 spiro atoms. The molecule has 0 bridgehead atoms. The van der Waals surface area contributed by atoms with E-state index in [9.17, 15) is 9.59 Å². The van der Waals surface area contributed by atoms with Gasteiger partial charge in [0.05, 0.1) is 17.7 Å². The number of pyridine rings is 1. The predicted molar refractivity (Wildman–Crippen MR) is 114 cm³/mol. The SMILES string of the molecule is CC(C)(C)OC(=O)CN(C(=O)CN)c1cccc2c(-c3ccccc3)ccnc12. The van der Waals surface area contributed by atoms with E-state index in [1.807, 2.05) is 48.5 Å². The van der Waals surface area contributed by atoms with Crippen molar-refractivity contribution in [3.63, 3.8) is 0 Å². The molecule has 3 rings (SSSR count). The number of hydrogen-bond donors (Lipinski definition) is 1. The molecule has 150 valence electrons. The molecule has 1 aromatic heterocycles. The molecular formula is C23H25N3O3. The third-order valence-corrected chi connectivity index (χ3v) is 4.31. The Hall–Kier alpha value is -3.25. The highest BCUT2D eigenvalue weighted by Crippen LogP contribution is 2.32. The highest BCUT2D eigenvalue weighted by molar-refractivity contribution is 6.08. The molecule has 2 aromatic carbocycles. The first-order chi connectivity index (χ1) is 13.8. The molecular weight excluding hydrogens is 366 g/mol. The van der Waals surface area contributed by atoms with Gasteiger partial charge in [-0.1, -0.05) is 42.5 Å². The van der Waals surface area contributed by atoms with Crippen LogP contribution in [0.1, 0.15) is 20.8 Å². The lowest BCUT2D eigenvalue weighted by atomic mass is 10.0. The summed E-state index contributed by atoms with van der Waals surface area (Å²) in [6.07, 6.45) is 1.70. The first-order valence-electron chi connectivity index (χ1n) is 9.45. The van der Waals surface area contributed by atoms with Crippen molar-refractivity contribution in [1.82, 2.24) is 4.98 Å². The summed E-state index contributed by atoms with van der Waals surface area (Å²) < 4.78 is 5.40. The smallest absolute Gasteiger partial charge is 0.326 e. The van der Waals surface area contributed by atoms with Gasteiger partial charge in [0.2, 0.25) is 5.91 Å². The average Bonchev–Trinajstić information content (AvgIpc) is 2.70. The summed E-state index contributed by atoms with van der Waals surface area (Å²) in [6, 6.07) is 17.4. The Morgan fingerprint density at radius 2 is 1.76 bits per heavy atom. The molecule has 3 aromatic rings. The zero-order valence-corrected chi connectivity index (χ0v) is 16.9. The summed E-state index contributed by atoms with van der Waals surface area (Å²) >= 11 is 0. The number of ether oxygens (including phenoxy) is 1. The summed E-state index contributed by atoms with van der Waals surface area (Å²) in [5.74, 6) is -0.884. The highest BCUT2D eigenvalue weighted by atomic mass is 16.6. The second-order valence-electron chi connectivity index (χ2n) is 7.67. The molecule has 0 saturated carbocycles. The summed E-state index contributed by atoms with van der Waals surface area (Å²) in [5, 5.41) is 0.884. The van der Waals surface area contributed by atoms with Crippen molar-refractivity contribution in [3.8, 4) is 11.1 Å². The lowest BCUT2D eigenvalue weighted by Crippen LogP contribution is -2.42. The van der Waals surface area contributed by atoms with Gasteiger partial charge in [-0.25, -0.2) is 0 Å². The summed E-state index contributed by atoms with van der Waals surface area (Å²) in [5.41, 5.74) is 8.16. The molecule has 0 aliphatic carbocycles. The molecule has 0 atom stereocenters. The number of amides is 1. The lowest BCUT2D eigenvalue weighted by molar-refractivity contribution is -0.153. The molecule has 6 heteroatoms. The number of benzene rings is 2. The predicted octanol–water partition coefficient (Wildman–Crippen LogP) is 3.54.